The van der Waals surface area contributed by atoms with E-state index in [1.165, 1.54) is 5.56 Å². The number of rotatable bonds is 7. The van der Waals surface area contributed by atoms with E-state index in [2.05, 4.69) is 52.5 Å². The highest BCUT2D eigenvalue weighted by atomic mass is 16.5. The molecule has 0 saturated carbocycles. The second-order valence-electron chi connectivity index (χ2n) is 6.73. The number of methoxy groups -OCH3 is 1. The van der Waals surface area contributed by atoms with E-state index in [1.807, 2.05) is 26.1 Å². The first-order chi connectivity index (χ1) is 13.0. The fourth-order valence-corrected chi connectivity index (χ4v) is 2.75. The Morgan fingerprint density at radius 1 is 1.11 bits per heavy atom. The second kappa shape index (κ2) is 8.18. The molecule has 2 heterocycles. The highest BCUT2D eigenvalue weighted by Gasteiger charge is 2.13. The third-order valence-electron chi connectivity index (χ3n) is 4.33. The summed E-state index contributed by atoms with van der Waals surface area (Å²) < 4.78 is 5.20. The van der Waals surface area contributed by atoms with E-state index in [9.17, 15) is 0 Å². The third-order valence-corrected chi connectivity index (χ3v) is 4.33. The SMILES string of the molecule is COCCN(C)c1cc(Nc2cc(C)[nH]n2)nc(-c2cc(C)ccc2C)n1.[HH]. The Balaban J connectivity index is 0.00000280. The third kappa shape index (κ3) is 4.62. The summed E-state index contributed by atoms with van der Waals surface area (Å²) in [5.41, 5.74) is 4.32. The van der Waals surface area contributed by atoms with E-state index in [1.54, 1.807) is 7.11 Å². The molecule has 0 aliphatic rings. The molecule has 0 aliphatic carbocycles. The summed E-state index contributed by atoms with van der Waals surface area (Å²) in [6.07, 6.45) is 0. The number of nitrogens with one attached hydrogen (secondary N) is 2. The quantitative estimate of drug-likeness (QED) is 0.659. The van der Waals surface area contributed by atoms with Gasteiger partial charge in [-0.2, -0.15) is 5.10 Å². The minimum Gasteiger partial charge on any atom is -0.383 e. The van der Waals surface area contributed by atoms with Crippen LogP contribution in [0.25, 0.3) is 11.4 Å². The lowest BCUT2D eigenvalue weighted by Crippen LogP contribution is -2.23. The van der Waals surface area contributed by atoms with Gasteiger partial charge in [0, 0.05) is 45.5 Å². The summed E-state index contributed by atoms with van der Waals surface area (Å²) in [6.45, 7) is 7.47. The number of likely N-dealkylation sites (N-methyl/N-ethyl adjacent to an activating group) is 1. The normalized spacial score (nSPS) is 10.9. The van der Waals surface area contributed by atoms with Crippen molar-refractivity contribution in [1.82, 2.24) is 20.2 Å². The smallest absolute Gasteiger partial charge is 0.164 e. The maximum absolute atomic E-state index is 5.20. The molecule has 0 aliphatic heterocycles. The molecule has 7 nitrogen and oxygen atoms in total. The van der Waals surface area contributed by atoms with Crippen LogP contribution < -0.4 is 10.2 Å². The van der Waals surface area contributed by atoms with Crippen LogP contribution in [-0.2, 0) is 4.74 Å². The number of benzene rings is 1. The van der Waals surface area contributed by atoms with E-state index in [0.717, 1.165) is 35.0 Å². The molecule has 0 bridgehead atoms. The lowest BCUT2D eigenvalue weighted by molar-refractivity contribution is 0.206. The van der Waals surface area contributed by atoms with Crippen LogP contribution in [0.5, 0.6) is 0 Å². The zero-order chi connectivity index (χ0) is 19.4. The molecule has 7 heteroatoms. The molecule has 3 rings (SSSR count). The molecule has 3 aromatic rings. The van der Waals surface area contributed by atoms with Gasteiger partial charge in [0.25, 0.3) is 0 Å². The molecule has 1 aromatic carbocycles. The minimum absolute atomic E-state index is 0. The summed E-state index contributed by atoms with van der Waals surface area (Å²) >= 11 is 0. The number of ether oxygens (including phenoxy) is 1. The van der Waals surface area contributed by atoms with Gasteiger partial charge in [-0.15, -0.1) is 0 Å². The summed E-state index contributed by atoms with van der Waals surface area (Å²) in [5.74, 6) is 2.94. The Kier molecular flexibility index (Phi) is 5.71. The molecule has 0 fully saturated rings. The van der Waals surface area contributed by atoms with Crippen LogP contribution >= 0.6 is 0 Å². The molecule has 0 atom stereocenters. The van der Waals surface area contributed by atoms with Gasteiger partial charge in [-0.1, -0.05) is 17.7 Å². The first kappa shape index (κ1) is 18.8. The number of anilines is 3. The minimum atomic E-state index is 0. The number of aromatic nitrogens is 4. The van der Waals surface area contributed by atoms with Gasteiger partial charge in [-0.3, -0.25) is 5.10 Å². The maximum atomic E-state index is 5.20. The van der Waals surface area contributed by atoms with E-state index in [0.29, 0.717) is 18.2 Å². The fraction of sp³-hybridized carbons (Fsp3) is 0.350. The van der Waals surface area contributed by atoms with Crippen molar-refractivity contribution in [3.63, 3.8) is 0 Å². The summed E-state index contributed by atoms with van der Waals surface area (Å²) in [4.78, 5) is 11.6. The number of hydrogen-bond acceptors (Lipinski definition) is 6. The number of nitrogens with zero attached hydrogens (tertiary/aromatic N) is 4. The molecular weight excluding hydrogens is 340 g/mol. The van der Waals surface area contributed by atoms with Crippen molar-refractivity contribution in [3.05, 3.63) is 47.2 Å². The van der Waals surface area contributed by atoms with Crippen molar-refractivity contribution in [1.29, 1.82) is 0 Å². The standard InChI is InChI=1S/C20H26N6O.H2/c1-13-6-7-14(2)16(10-13)20-22-17(21-18-11-15(3)24-25-18)12-19(23-20)26(4)8-9-27-5;/h6-7,10-12H,8-9H2,1-5H3,(H2,21,22,23,24,25);1H. The summed E-state index contributed by atoms with van der Waals surface area (Å²) in [5, 5.41) is 10.4. The Bertz CT molecular complexity index is 927. The Morgan fingerprint density at radius 2 is 1.93 bits per heavy atom. The average molecular weight is 368 g/mol. The molecule has 0 saturated heterocycles. The van der Waals surface area contributed by atoms with Crippen LogP contribution in [0.2, 0.25) is 0 Å². The van der Waals surface area contributed by atoms with Gasteiger partial charge >= 0.3 is 0 Å². The van der Waals surface area contributed by atoms with Crippen LogP contribution in [-0.4, -0.2) is 47.5 Å². The number of aryl methyl sites for hydroxylation is 3. The van der Waals surface area contributed by atoms with Crippen LogP contribution in [0.4, 0.5) is 17.5 Å². The van der Waals surface area contributed by atoms with Crippen molar-refractivity contribution in [2.45, 2.75) is 20.8 Å². The molecule has 2 aromatic heterocycles. The van der Waals surface area contributed by atoms with Gasteiger partial charge < -0.3 is 15.0 Å². The average Bonchev–Trinajstić information content (AvgIpc) is 3.06. The van der Waals surface area contributed by atoms with E-state index in [-0.39, 0.29) is 1.43 Å². The lowest BCUT2D eigenvalue weighted by Gasteiger charge is -2.19. The first-order valence-electron chi connectivity index (χ1n) is 8.92. The highest BCUT2D eigenvalue weighted by Crippen LogP contribution is 2.26. The van der Waals surface area contributed by atoms with Crippen LogP contribution in [0.15, 0.2) is 30.3 Å². The van der Waals surface area contributed by atoms with Crippen molar-refractivity contribution < 1.29 is 6.16 Å². The largest absolute Gasteiger partial charge is 0.383 e. The second-order valence-corrected chi connectivity index (χ2v) is 6.73. The van der Waals surface area contributed by atoms with E-state index < -0.39 is 0 Å². The molecule has 2 N–H and O–H groups in total. The summed E-state index contributed by atoms with van der Waals surface area (Å²) in [6, 6.07) is 10.2. The molecular formula is C20H28N6O. The van der Waals surface area contributed by atoms with Crippen LogP contribution in [0.1, 0.15) is 18.2 Å². The molecule has 0 spiro atoms. The first-order valence-corrected chi connectivity index (χ1v) is 8.92. The van der Waals surface area contributed by atoms with E-state index in [4.69, 9.17) is 14.7 Å². The number of H-pyrrole nitrogens is 1. The van der Waals surface area contributed by atoms with Crippen molar-refractivity contribution >= 4 is 17.5 Å². The zero-order valence-electron chi connectivity index (χ0n) is 16.5. The lowest BCUT2D eigenvalue weighted by atomic mass is 10.1. The van der Waals surface area contributed by atoms with Gasteiger partial charge in [0.1, 0.15) is 11.6 Å². The predicted molar refractivity (Wildman–Crippen MR) is 111 cm³/mol. The number of hydrogen-bond donors (Lipinski definition) is 2. The van der Waals surface area contributed by atoms with Crippen molar-refractivity contribution in [2.24, 2.45) is 0 Å². The maximum Gasteiger partial charge on any atom is 0.164 e. The zero-order valence-corrected chi connectivity index (χ0v) is 16.5. The van der Waals surface area contributed by atoms with Crippen molar-refractivity contribution in [2.75, 3.05) is 37.5 Å². The monoisotopic (exact) mass is 368 g/mol. The molecule has 27 heavy (non-hydrogen) atoms. The summed E-state index contributed by atoms with van der Waals surface area (Å²) in [7, 11) is 3.69. The van der Waals surface area contributed by atoms with Crippen LogP contribution in [0, 0.1) is 20.8 Å². The van der Waals surface area contributed by atoms with E-state index >= 15 is 0 Å². The molecule has 0 amide bonds. The van der Waals surface area contributed by atoms with Gasteiger partial charge in [0.15, 0.2) is 11.6 Å². The molecule has 144 valence electrons. The number of aromatic amines is 1. The highest BCUT2D eigenvalue weighted by molar-refractivity contribution is 5.67. The fourth-order valence-electron chi connectivity index (χ4n) is 2.75. The Labute approximate surface area is 161 Å². The Hall–Kier alpha value is -2.93. The van der Waals surface area contributed by atoms with Gasteiger partial charge in [-0.25, -0.2) is 9.97 Å². The van der Waals surface area contributed by atoms with Crippen LogP contribution in [0.3, 0.4) is 0 Å². The predicted octanol–water partition coefficient (Wildman–Crippen LogP) is 3.86. The van der Waals surface area contributed by atoms with Crippen molar-refractivity contribution in [3.8, 4) is 11.4 Å². The van der Waals surface area contributed by atoms with Gasteiger partial charge in [0.2, 0.25) is 0 Å². The van der Waals surface area contributed by atoms with Gasteiger partial charge in [0.05, 0.1) is 6.61 Å². The molecule has 0 radical (unpaired) electrons. The topological polar surface area (TPSA) is 79.0 Å². The van der Waals surface area contributed by atoms with Gasteiger partial charge in [-0.05, 0) is 32.4 Å². The Morgan fingerprint density at radius 3 is 2.63 bits per heavy atom. The molecule has 0 unspecified atom stereocenters.